The molecule has 0 spiro atoms. The lowest BCUT2D eigenvalue weighted by molar-refractivity contribution is -0.119. The van der Waals surface area contributed by atoms with E-state index in [-0.39, 0.29) is 18.3 Å². The van der Waals surface area contributed by atoms with E-state index in [1.807, 2.05) is 42.1 Å². The number of fused-ring (bicyclic) bond motifs is 1. The van der Waals surface area contributed by atoms with Crippen molar-refractivity contribution in [2.45, 2.75) is 12.5 Å². The molecule has 2 N–H and O–H groups in total. The number of thiazole rings is 1. The van der Waals surface area contributed by atoms with Crippen molar-refractivity contribution in [2.75, 3.05) is 12.0 Å². The maximum Gasteiger partial charge on any atom is 0.265 e. The Labute approximate surface area is 132 Å². The molecule has 7 heteroatoms. The predicted molar refractivity (Wildman–Crippen MR) is 89.6 cm³/mol. The smallest absolute Gasteiger partial charge is 0.265 e. The molecule has 1 atom stereocenters. The molecule has 0 saturated carbocycles. The Balaban J connectivity index is 0.00000200. The fourth-order valence-corrected chi connectivity index (χ4v) is 3.25. The molecule has 2 aromatic rings. The lowest BCUT2D eigenvalue weighted by Crippen LogP contribution is -2.31. The van der Waals surface area contributed by atoms with Gasteiger partial charge in [-0.15, -0.1) is 12.4 Å². The first-order valence-electron chi connectivity index (χ1n) is 6.01. The number of aryl methyl sites for hydroxylation is 1. The van der Waals surface area contributed by atoms with Gasteiger partial charge in [-0.3, -0.25) is 4.79 Å². The number of para-hydroxylation sites is 1. The summed E-state index contributed by atoms with van der Waals surface area (Å²) in [6, 6.07) is 7.50. The summed E-state index contributed by atoms with van der Waals surface area (Å²) in [5, 5.41) is 0. The Morgan fingerprint density at radius 1 is 1.50 bits per heavy atom. The molecule has 110 valence electrons. The average Bonchev–Trinajstić information content (AvgIpc) is 2.73. The van der Waals surface area contributed by atoms with Gasteiger partial charge in [0.2, 0.25) is 0 Å². The number of carbonyl (C=O) groups is 1. The summed E-state index contributed by atoms with van der Waals surface area (Å²) in [4.78, 5) is 16.8. The van der Waals surface area contributed by atoms with E-state index in [1.54, 1.807) is 11.8 Å². The van der Waals surface area contributed by atoms with Crippen molar-refractivity contribution >= 4 is 51.6 Å². The highest BCUT2D eigenvalue weighted by Gasteiger charge is 2.12. The van der Waals surface area contributed by atoms with E-state index in [1.165, 1.54) is 11.3 Å². The number of thioether (sulfide) groups is 1. The Morgan fingerprint density at radius 3 is 2.85 bits per heavy atom. The number of amides is 1. The van der Waals surface area contributed by atoms with Crippen LogP contribution in [0.5, 0.6) is 0 Å². The second-order valence-corrected chi connectivity index (χ2v) is 6.24. The first-order valence-corrected chi connectivity index (χ1v) is 8.22. The quantitative estimate of drug-likeness (QED) is 0.934. The predicted octanol–water partition coefficient (Wildman–Crippen LogP) is 2.17. The lowest BCUT2D eigenvalue weighted by atomic mass is 10.2. The number of nitrogens with zero attached hydrogens (tertiary/aromatic N) is 2. The van der Waals surface area contributed by atoms with Crippen LogP contribution in [0.15, 0.2) is 29.3 Å². The maximum absolute atomic E-state index is 11.9. The van der Waals surface area contributed by atoms with E-state index >= 15 is 0 Å². The van der Waals surface area contributed by atoms with Crippen molar-refractivity contribution in [2.24, 2.45) is 17.8 Å². The molecule has 0 aliphatic heterocycles. The number of nitrogens with two attached hydrogens (primary N) is 1. The van der Waals surface area contributed by atoms with Crippen LogP contribution in [-0.2, 0) is 11.8 Å². The van der Waals surface area contributed by atoms with Gasteiger partial charge in [-0.05, 0) is 30.6 Å². The lowest BCUT2D eigenvalue weighted by Gasteiger charge is -2.04. The number of carbonyl (C=O) groups excluding carboxylic acids is 1. The summed E-state index contributed by atoms with van der Waals surface area (Å²) >= 11 is 3.19. The van der Waals surface area contributed by atoms with Gasteiger partial charge < -0.3 is 10.3 Å². The average molecular weight is 332 g/mol. The molecule has 4 nitrogen and oxygen atoms in total. The standard InChI is InChI=1S/C13H17N3OS2.ClH/c1-16-10-5-3-4-6-11(10)19-13(16)15-12(17)9(14)7-8-18-2;/h3-6,9H,7-8,14H2,1-2H3;1H/t9-;/m0./s1. The largest absolute Gasteiger partial charge is 0.320 e. The van der Waals surface area contributed by atoms with Crippen molar-refractivity contribution in [1.82, 2.24) is 4.57 Å². The van der Waals surface area contributed by atoms with Gasteiger partial charge in [-0.2, -0.15) is 16.8 Å². The van der Waals surface area contributed by atoms with Crippen LogP contribution in [0.2, 0.25) is 0 Å². The fourth-order valence-electron chi connectivity index (χ4n) is 1.73. The van der Waals surface area contributed by atoms with Crippen LogP contribution in [0.25, 0.3) is 10.2 Å². The molecule has 20 heavy (non-hydrogen) atoms. The first kappa shape index (κ1) is 17.2. The minimum atomic E-state index is -0.502. The van der Waals surface area contributed by atoms with Crippen molar-refractivity contribution in [3.63, 3.8) is 0 Å². The highest BCUT2D eigenvalue weighted by Crippen LogP contribution is 2.15. The molecule has 1 aromatic heterocycles. The number of hydrogen-bond donors (Lipinski definition) is 1. The molecule has 0 saturated heterocycles. The first-order chi connectivity index (χ1) is 9.13. The highest BCUT2D eigenvalue weighted by molar-refractivity contribution is 7.98. The molecule has 0 fully saturated rings. The van der Waals surface area contributed by atoms with Crippen LogP contribution in [0.1, 0.15) is 6.42 Å². The second kappa shape index (κ2) is 7.83. The van der Waals surface area contributed by atoms with Crippen molar-refractivity contribution in [3.8, 4) is 0 Å². The monoisotopic (exact) mass is 331 g/mol. The zero-order valence-corrected chi connectivity index (χ0v) is 13.9. The molecule has 1 amide bonds. The minimum absolute atomic E-state index is 0. The molecule has 0 aliphatic rings. The number of rotatable bonds is 4. The zero-order chi connectivity index (χ0) is 13.8. The Bertz CT molecular complexity index is 650. The molecular weight excluding hydrogens is 314 g/mol. The zero-order valence-electron chi connectivity index (χ0n) is 11.4. The van der Waals surface area contributed by atoms with Crippen LogP contribution in [0.3, 0.4) is 0 Å². The van der Waals surface area contributed by atoms with E-state index in [0.29, 0.717) is 11.2 Å². The van der Waals surface area contributed by atoms with Crippen LogP contribution in [0.4, 0.5) is 0 Å². The summed E-state index contributed by atoms with van der Waals surface area (Å²) in [6.07, 6.45) is 2.67. The summed E-state index contributed by atoms with van der Waals surface area (Å²) in [7, 11) is 1.92. The molecule has 1 heterocycles. The van der Waals surface area contributed by atoms with E-state index in [4.69, 9.17) is 5.73 Å². The van der Waals surface area contributed by atoms with Gasteiger partial charge in [-0.25, -0.2) is 0 Å². The van der Waals surface area contributed by atoms with Gasteiger partial charge in [0, 0.05) is 7.05 Å². The molecule has 1 aromatic carbocycles. The van der Waals surface area contributed by atoms with Crippen molar-refractivity contribution in [3.05, 3.63) is 29.1 Å². The summed E-state index contributed by atoms with van der Waals surface area (Å²) in [6.45, 7) is 0. The number of halogens is 1. The van der Waals surface area contributed by atoms with E-state index < -0.39 is 6.04 Å². The van der Waals surface area contributed by atoms with Gasteiger partial charge in [0.1, 0.15) is 0 Å². The van der Waals surface area contributed by atoms with Gasteiger partial charge in [0.05, 0.1) is 16.3 Å². The van der Waals surface area contributed by atoms with E-state index in [2.05, 4.69) is 4.99 Å². The number of hydrogen-bond acceptors (Lipinski definition) is 4. The molecule has 0 radical (unpaired) electrons. The molecule has 0 aliphatic carbocycles. The third-order valence-corrected chi connectivity index (χ3v) is 4.63. The summed E-state index contributed by atoms with van der Waals surface area (Å²) in [5.74, 6) is 0.636. The Morgan fingerprint density at radius 2 is 2.20 bits per heavy atom. The van der Waals surface area contributed by atoms with Crippen LogP contribution in [0, 0.1) is 0 Å². The molecule has 2 rings (SSSR count). The normalized spacial score (nSPS) is 13.2. The Kier molecular flexibility index (Phi) is 6.75. The van der Waals surface area contributed by atoms with Gasteiger partial charge >= 0.3 is 0 Å². The molecule has 0 unspecified atom stereocenters. The fraction of sp³-hybridized carbons (Fsp3) is 0.385. The van der Waals surface area contributed by atoms with Crippen LogP contribution in [-0.4, -0.2) is 28.5 Å². The number of benzene rings is 1. The van der Waals surface area contributed by atoms with Gasteiger partial charge in [0.25, 0.3) is 5.91 Å². The third-order valence-electron chi connectivity index (χ3n) is 2.87. The summed E-state index contributed by atoms with van der Waals surface area (Å²) in [5.41, 5.74) is 6.91. The van der Waals surface area contributed by atoms with Crippen molar-refractivity contribution in [1.29, 1.82) is 0 Å². The molecule has 0 bridgehead atoms. The van der Waals surface area contributed by atoms with Gasteiger partial charge in [-0.1, -0.05) is 23.5 Å². The van der Waals surface area contributed by atoms with Gasteiger partial charge in [0.15, 0.2) is 4.80 Å². The highest BCUT2D eigenvalue weighted by atomic mass is 35.5. The SMILES string of the molecule is CSCC[C@H](N)C(=O)N=c1sc2ccccc2n1C.Cl. The summed E-state index contributed by atoms with van der Waals surface area (Å²) < 4.78 is 3.05. The topological polar surface area (TPSA) is 60.4 Å². The van der Waals surface area contributed by atoms with Crippen LogP contribution >= 0.6 is 35.5 Å². The van der Waals surface area contributed by atoms with E-state index in [9.17, 15) is 4.79 Å². The number of aromatic nitrogens is 1. The maximum atomic E-state index is 11.9. The minimum Gasteiger partial charge on any atom is -0.320 e. The van der Waals surface area contributed by atoms with E-state index in [0.717, 1.165) is 16.0 Å². The van der Waals surface area contributed by atoms with Crippen LogP contribution < -0.4 is 10.5 Å². The second-order valence-electron chi connectivity index (χ2n) is 4.25. The molecular formula is C13H18ClN3OS2. The third kappa shape index (κ3) is 3.85. The van der Waals surface area contributed by atoms with Crippen molar-refractivity contribution < 1.29 is 4.79 Å². The Hall–Kier alpha value is -0.820.